The number of rotatable bonds is 2. The van der Waals surface area contributed by atoms with Crippen LogP contribution in [0.25, 0.3) is 0 Å². The maximum atomic E-state index is 13.3. The molecule has 0 saturated heterocycles. The molecule has 0 unspecified atom stereocenters. The fraction of sp³-hybridized carbons (Fsp3) is 0.167. The quantitative estimate of drug-likeness (QED) is 0.890. The number of carbonyl (C=O) groups excluding carboxylic acids is 1. The van der Waals surface area contributed by atoms with Gasteiger partial charge in [-0.05, 0) is 40.5 Å². The highest BCUT2D eigenvalue weighted by Crippen LogP contribution is 2.25. The Bertz CT molecular complexity index is 653. The highest BCUT2D eigenvalue weighted by atomic mass is 79.9. The first kappa shape index (κ1) is 13.5. The maximum Gasteiger partial charge on any atom is 0.278 e. The molecule has 5 nitrogen and oxygen atoms in total. The number of nitrogen functional groups attached to an aromatic ring is 1. The van der Waals surface area contributed by atoms with Gasteiger partial charge in [-0.25, -0.2) is 4.39 Å². The summed E-state index contributed by atoms with van der Waals surface area (Å²) in [4.78, 5) is 12.0. The van der Waals surface area contributed by atoms with Crippen molar-refractivity contribution in [2.75, 3.05) is 11.1 Å². The molecule has 0 radical (unpaired) electrons. The van der Waals surface area contributed by atoms with Gasteiger partial charge in [0.25, 0.3) is 5.91 Å². The van der Waals surface area contributed by atoms with E-state index in [0.29, 0.717) is 16.9 Å². The van der Waals surface area contributed by atoms with Gasteiger partial charge < -0.3 is 11.1 Å². The van der Waals surface area contributed by atoms with Crippen LogP contribution in [-0.4, -0.2) is 15.7 Å². The third-order valence-electron chi connectivity index (χ3n) is 2.59. The van der Waals surface area contributed by atoms with Crippen molar-refractivity contribution in [2.45, 2.75) is 6.92 Å². The molecule has 0 bridgehead atoms. The Morgan fingerprint density at radius 2 is 2.21 bits per heavy atom. The number of anilines is 2. The number of hydrogen-bond acceptors (Lipinski definition) is 3. The van der Waals surface area contributed by atoms with E-state index in [1.54, 1.807) is 20.2 Å². The van der Waals surface area contributed by atoms with Gasteiger partial charge in [0.2, 0.25) is 0 Å². The molecule has 0 saturated carbocycles. The van der Waals surface area contributed by atoms with E-state index in [2.05, 4.69) is 26.3 Å². The van der Waals surface area contributed by atoms with Crippen molar-refractivity contribution in [1.82, 2.24) is 9.78 Å². The van der Waals surface area contributed by atoms with Gasteiger partial charge >= 0.3 is 0 Å². The van der Waals surface area contributed by atoms with Crippen molar-refractivity contribution in [1.29, 1.82) is 0 Å². The number of hydrogen-bond donors (Lipinski definition) is 2. The van der Waals surface area contributed by atoms with Gasteiger partial charge in [0.15, 0.2) is 5.69 Å². The average Bonchev–Trinajstić information content (AvgIpc) is 2.65. The number of amides is 1. The molecule has 19 heavy (non-hydrogen) atoms. The number of aromatic nitrogens is 2. The minimum absolute atomic E-state index is 0.141. The molecule has 100 valence electrons. The molecule has 3 N–H and O–H groups in total. The van der Waals surface area contributed by atoms with E-state index >= 15 is 0 Å². The van der Waals surface area contributed by atoms with E-state index < -0.39 is 5.91 Å². The van der Waals surface area contributed by atoms with Gasteiger partial charge in [-0.1, -0.05) is 0 Å². The van der Waals surface area contributed by atoms with E-state index in [0.717, 1.165) is 0 Å². The summed E-state index contributed by atoms with van der Waals surface area (Å²) >= 11 is 3.07. The van der Waals surface area contributed by atoms with Crippen LogP contribution in [0.1, 0.15) is 16.1 Å². The van der Waals surface area contributed by atoms with Gasteiger partial charge in [-0.15, -0.1) is 0 Å². The highest BCUT2D eigenvalue weighted by molar-refractivity contribution is 9.10. The molecular weight excluding hydrogens is 315 g/mol. The highest BCUT2D eigenvalue weighted by Gasteiger charge is 2.15. The molecule has 0 aliphatic carbocycles. The van der Waals surface area contributed by atoms with Crippen LogP contribution < -0.4 is 11.1 Å². The molecule has 2 rings (SSSR count). The summed E-state index contributed by atoms with van der Waals surface area (Å²) in [6.07, 6.45) is 1.54. The molecule has 0 fully saturated rings. The first-order valence-corrected chi connectivity index (χ1v) is 6.24. The number of nitrogens with one attached hydrogen (secondary N) is 1. The van der Waals surface area contributed by atoms with Crippen LogP contribution in [0.2, 0.25) is 0 Å². The molecule has 1 amide bonds. The van der Waals surface area contributed by atoms with Crippen LogP contribution in [0.5, 0.6) is 0 Å². The molecular formula is C12H12BrFN4O. The summed E-state index contributed by atoms with van der Waals surface area (Å²) in [5, 5.41) is 6.63. The Hall–Kier alpha value is -1.89. The summed E-state index contributed by atoms with van der Waals surface area (Å²) in [7, 11) is 1.67. The van der Waals surface area contributed by atoms with Crippen LogP contribution in [0.15, 0.2) is 22.8 Å². The predicted octanol–water partition coefficient (Wildman–Crippen LogP) is 2.46. The van der Waals surface area contributed by atoms with Crippen molar-refractivity contribution in [3.8, 4) is 0 Å². The van der Waals surface area contributed by atoms with Gasteiger partial charge in [0.1, 0.15) is 5.82 Å². The molecule has 1 heterocycles. The Morgan fingerprint density at radius 1 is 1.53 bits per heavy atom. The minimum Gasteiger partial charge on any atom is -0.396 e. The van der Waals surface area contributed by atoms with Crippen molar-refractivity contribution >= 4 is 33.2 Å². The van der Waals surface area contributed by atoms with Gasteiger partial charge in [0.05, 0.1) is 10.2 Å². The first-order chi connectivity index (χ1) is 8.88. The first-order valence-electron chi connectivity index (χ1n) is 5.44. The molecule has 1 aromatic carbocycles. The van der Waals surface area contributed by atoms with Gasteiger partial charge in [-0.3, -0.25) is 9.48 Å². The van der Waals surface area contributed by atoms with Gasteiger partial charge in [0, 0.05) is 18.9 Å². The summed E-state index contributed by atoms with van der Waals surface area (Å²) in [5.41, 5.74) is 7.22. The zero-order valence-corrected chi connectivity index (χ0v) is 12.0. The topological polar surface area (TPSA) is 72.9 Å². The van der Waals surface area contributed by atoms with Crippen molar-refractivity contribution < 1.29 is 9.18 Å². The second-order valence-corrected chi connectivity index (χ2v) is 5.00. The average molecular weight is 327 g/mol. The maximum absolute atomic E-state index is 13.3. The van der Waals surface area contributed by atoms with Gasteiger partial charge in [-0.2, -0.15) is 5.10 Å². The second-order valence-electron chi connectivity index (χ2n) is 4.14. The van der Waals surface area contributed by atoms with E-state index in [4.69, 9.17) is 5.73 Å². The lowest BCUT2D eigenvalue weighted by atomic mass is 10.2. The molecule has 0 aliphatic rings. The number of nitrogens with two attached hydrogens (primary N) is 1. The lowest BCUT2D eigenvalue weighted by Crippen LogP contribution is -2.15. The van der Waals surface area contributed by atoms with E-state index in [1.807, 2.05) is 0 Å². The SMILES string of the molecule is Cc1cc(F)c(Br)cc1NC(=O)c1nn(C)cc1N. The van der Waals surface area contributed by atoms with Crippen LogP contribution in [0, 0.1) is 12.7 Å². The lowest BCUT2D eigenvalue weighted by molar-refractivity contribution is 0.102. The third-order valence-corrected chi connectivity index (χ3v) is 3.20. The molecule has 0 spiro atoms. The Kier molecular flexibility index (Phi) is 3.57. The fourth-order valence-electron chi connectivity index (χ4n) is 1.65. The Balaban J connectivity index is 2.29. The largest absolute Gasteiger partial charge is 0.396 e. The monoisotopic (exact) mass is 326 g/mol. The zero-order valence-electron chi connectivity index (χ0n) is 10.4. The van der Waals surface area contributed by atoms with E-state index in [9.17, 15) is 9.18 Å². The van der Waals surface area contributed by atoms with Crippen molar-refractivity contribution in [3.05, 3.63) is 39.9 Å². The number of aryl methyl sites for hydroxylation is 2. The van der Waals surface area contributed by atoms with Crippen LogP contribution in [-0.2, 0) is 7.05 Å². The predicted molar refractivity (Wildman–Crippen MR) is 74.4 cm³/mol. The third kappa shape index (κ3) is 2.76. The number of carbonyl (C=O) groups is 1. The molecule has 0 aliphatic heterocycles. The van der Waals surface area contributed by atoms with Crippen LogP contribution in [0.4, 0.5) is 15.8 Å². The molecule has 7 heteroatoms. The van der Waals surface area contributed by atoms with Crippen LogP contribution >= 0.6 is 15.9 Å². The lowest BCUT2D eigenvalue weighted by Gasteiger charge is -2.08. The smallest absolute Gasteiger partial charge is 0.278 e. The minimum atomic E-state index is -0.431. The molecule has 1 aromatic heterocycles. The Labute approximate surface area is 117 Å². The fourth-order valence-corrected chi connectivity index (χ4v) is 1.99. The number of halogens is 2. The summed E-state index contributed by atoms with van der Waals surface area (Å²) in [6, 6.07) is 2.84. The summed E-state index contributed by atoms with van der Waals surface area (Å²) in [5.74, 6) is -0.812. The van der Waals surface area contributed by atoms with Crippen molar-refractivity contribution in [2.24, 2.45) is 7.05 Å². The second kappa shape index (κ2) is 5.00. The van der Waals surface area contributed by atoms with Crippen molar-refractivity contribution in [3.63, 3.8) is 0 Å². The summed E-state index contributed by atoms with van der Waals surface area (Å²) in [6.45, 7) is 1.70. The normalized spacial score (nSPS) is 10.5. The Morgan fingerprint density at radius 3 is 2.79 bits per heavy atom. The number of benzene rings is 1. The van der Waals surface area contributed by atoms with E-state index in [-0.39, 0.29) is 16.0 Å². The summed E-state index contributed by atoms with van der Waals surface area (Å²) < 4.78 is 15.0. The van der Waals surface area contributed by atoms with E-state index in [1.165, 1.54) is 16.8 Å². The molecule has 2 aromatic rings. The number of nitrogens with zero attached hydrogens (tertiary/aromatic N) is 2. The molecule has 0 atom stereocenters. The zero-order chi connectivity index (χ0) is 14.2. The standard InChI is InChI=1S/C12H12BrFN4O/c1-6-3-8(14)7(13)4-10(6)16-12(19)11-9(15)5-18(2)17-11/h3-5H,15H2,1-2H3,(H,16,19). The van der Waals surface area contributed by atoms with Crippen LogP contribution in [0.3, 0.4) is 0 Å².